The van der Waals surface area contributed by atoms with Crippen molar-refractivity contribution in [1.29, 1.82) is 0 Å². The Morgan fingerprint density at radius 2 is 1.80 bits per heavy atom. The first-order valence-electron chi connectivity index (χ1n) is 12.1. The number of methoxy groups -OCH3 is 2. The maximum atomic E-state index is 13.0. The van der Waals surface area contributed by atoms with Crippen LogP contribution in [0.15, 0.2) is 70.5 Å². The Balaban J connectivity index is 1.49. The van der Waals surface area contributed by atoms with Gasteiger partial charge in [-0.25, -0.2) is 4.79 Å². The summed E-state index contributed by atoms with van der Waals surface area (Å²) in [6.45, 7) is -0.627. The van der Waals surface area contributed by atoms with Crippen molar-refractivity contribution in [2.75, 3.05) is 26.1 Å². The van der Waals surface area contributed by atoms with Gasteiger partial charge in [0.15, 0.2) is 16.4 Å². The molecule has 228 valence electrons. The minimum atomic E-state index is -4.64. The van der Waals surface area contributed by atoms with E-state index in [1.807, 2.05) is 0 Å². The highest BCUT2D eigenvalue weighted by molar-refractivity contribution is 8.18. The van der Waals surface area contributed by atoms with E-state index in [-0.39, 0.29) is 32.7 Å². The van der Waals surface area contributed by atoms with E-state index >= 15 is 0 Å². The number of nitro groups is 1. The van der Waals surface area contributed by atoms with Crippen LogP contribution in [0.1, 0.15) is 15.9 Å². The van der Waals surface area contributed by atoms with Crippen LogP contribution in [0, 0.1) is 10.1 Å². The molecule has 0 unspecified atom stereocenters. The van der Waals surface area contributed by atoms with Gasteiger partial charge in [-0.1, -0.05) is 29.8 Å². The number of imide groups is 1. The van der Waals surface area contributed by atoms with E-state index in [0.29, 0.717) is 17.3 Å². The highest BCUT2D eigenvalue weighted by atomic mass is 35.5. The number of para-hydroxylation sites is 1. The van der Waals surface area contributed by atoms with Crippen LogP contribution in [0.4, 0.5) is 16.2 Å². The van der Waals surface area contributed by atoms with E-state index in [1.165, 1.54) is 68.8 Å². The zero-order chi connectivity index (χ0) is 32.2. The Morgan fingerprint density at radius 1 is 1.07 bits per heavy atom. The van der Waals surface area contributed by atoms with Crippen LogP contribution in [0.3, 0.4) is 0 Å². The number of esters is 1. The van der Waals surface area contributed by atoms with E-state index in [2.05, 4.69) is 10.1 Å². The minimum Gasteiger partial charge on any atom is -0.493 e. The van der Waals surface area contributed by atoms with Crippen molar-refractivity contribution in [1.82, 2.24) is 4.90 Å². The van der Waals surface area contributed by atoms with E-state index < -0.39 is 55.2 Å². The molecule has 0 radical (unpaired) electrons. The second-order valence-corrected chi connectivity index (χ2v) is 11.6. The maximum Gasteiger partial charge on any atom is 0.346 e. The molecule has 0 atom stereocenters. The number of nitro benzene ring substituents is 1. The molecule has 3 aromatic rings. The van der Waals surface area contributed by atoms with Crippen molar-refractivity contribution in [3.05, 3.63) is 91.8 Å². The fourth-order valence-corrected chi connectivity index (χ4v) is 5.97. The zero-order valence-electron chi connectivity index (χ0n) is 22.6. The number of amides is 3. The monoisotopic (exact) mass is 661 g/mol. The average molecular weight is 662 g/mol. The molecule has 0 spiro atoms. The number of ether oxygens (including phenoxy) is 2. The molecule has 4 rings (SSSR count). The van der Waals surface area contributed by atoms with Crippen LogP contribution < -0.4 is 14.2 Å². The van der Waals surface area contributed by atoms with Crippen LogP contribution in [0.25, 0.3) is 6.08 Å². The van der Waals surface area contributed by atoms with Crippen LogP contribution in [-0.2, 0) is 24.4 Å². The van der Waals surface area contributed by atoms with Gasteiger partial charge in [-0.3, -0.25) is 29.4 Å². The largest absolute Gasteiger partial charge is 0.493 e. The van der Waals surface area contributed by atoms with Crippen molar-refractivity contribution in [3.63, 3.8) is 0 Å². The average Bonchev–Trinajstić information content (AvgIpc) is 3.25. The summed E-state index contributed by atoms with van der Waals surface area (Å²) in [5.41, 5.74) is -0.178. The first-order valence-corrected chi connectivity index (χ1v) is 14.7. The number of hydrogen-bond donors (Lipinski definition) is 1. The standard InChI is InChI=1S/C27H20ClN3O11S2/c1-40-21-11-15(7-10-20(21)42-44(38,39)23-6-4-3-5-19(23)31(36)37)12-22-25(33)30(27(35)43-22)14-24(32)29-16-8-9-18(28)17(13-16)26(34)41-2/h3-13H,14H2,1-2H3,(H,29,32)/b22-12-. The lowest BCUT2D eigenvalue weighted by molar-refractivity contribution is -0.387. The third kappa shape index (κ3) is 6.99. The smallest absolute Gasteiger partial charge is 0.346 e. The van der Waals surface area contributed by atoms with Gasteiger partial charge in [-0.15, -0.1) is 0 Å². The second-order valence-electron chi connectivity index (χ2n) is 8.67. The van der Waals surface area contributed by atoms with Crippen molar-refractivity contribution in [2.45, 2.75) is 4.90 Å². The number of anilines is 1. The molecule has 0 aromatic heterocycles. The Hall–Kier alpha value is -4.93. The van der Waals surface area contributed by atoms with Crippen LogP contribution >= 0.6 is 23.4 Å². The Kier molecular flexibility index (Phi) is 9.56. The van der Waals surface area contributed by atoms with Gasteiger partial charge in [0.1, 0.15) is 6.54 Å². The molecule has 14 nitrogen and oxygen atoms in total. The number of nitrogens with zero attached hydrogens (tertiary/aromatic N) is 2. The fraction of sp³-hybridized carbons (Fsp3) is 0.111. The third-order valence-corrected chi connectivity index (χ3v) is 8.37. The van der Waals surface area contributed by atoms with E-state index in [1.54, 1.807) is 0 Å². The third-order valence-electron chi connectivity index (χ3n) is 5.85. The normalized spacial score (nSPS) is 14.0. The Bertz CT molecular complexity index is 1840. The van der Waals surface area contributed by atoms with Crippen molar-refractivity contribution < 1.29 is 46.2 Å². The van der Waals surface area contributed by atoms with Crippen molar-refractivity contribution in [2.24, 2.45) is 0 Å². The number of benzene rings is 3. The molecule has 17 heteroatoms. The molecule has 0 saturated carbocycles. The van der Waals surface area contributed by atoms with Gasteiger partial charge in [0.25, 0.3) is 16.8 Å². The summed E-state index contributed by atoms with van der Waals surface area (Å²) in [6.07, 6.45) is 1.33. The number of hydrogen-bond acceptors (Lipinski definition) is 12. The van der Waals surface area contributed by atoms with Gasteiger partial charge in [-0.2, -0.15) is 8.42 Å². The number of rotatable bonds is 10. The zero-order valence-corrected chi connectivity index (χ0v) is 25.0. The van der Waals surface area contributed by atoms with Crippen LogP contribution in [-0.4, -0.2) is 62.0 Å². The predicted molar refractivity (Wildman–Crippen MR) is 158 cm³/mol. The molecule has 1 aliphatic rings. The molecule has 0 bridgehead atoms. The first-order chi connectivity index (χ1) is 20.8. The summed E-state index contributed by atoms with van der Waals surface area (Å²) in [4.78, 5) is 60.4. The van der Waals surface area contributed by atoms with Crippen molar-refractivity contribution in [3.8, 4) is 11.5 Å². The molecule has 1 heterocycles. The molecular weight excluding hydrogens is 642 g/mol. The summed E-state index contributed by atoms with van der Waals surface area (Å²) in [6, 6.07) is 12.6. The summed E-state index contributed by atoms with van der Waals surface area (Å²) in [5.74, 6) is -2.59. The number of nitrogens with one attached hydrogen (secondary N) is 1. The molecule has 44 heavy (non-hydrogen) atoms. The summed E-state index contributed by atoms with van der Waals surface area (Å²) < 4.78 is 40.6. The van der Waals surface area contributed by atoms with Crippen LogP contribution in [0.2, 0.25) is 5.02 Å². The van der Waals surface area contributed by atoms with Gasteiger partial charge in [0.2, 0.25) is 5.91 Å². The highest BCUT2D eigenvalue weighted by Gasteiger charge is 2.36. The minimum absolute atomic E-state index is 0.00638. The maximum absolute atomic E-state index is 13.0. The number of carbonyl (C=O) groups is 4. The number of carbonyl (C=O) groups excluding carboxylic acids is 4. The first kappa shape index (κ1) is 32.0. The number of halogens is 1. The van der Waals surface area contributed by atoms with Crippen molar-refractivity contribution >= 4 is 74.0 Å². The lowest BCUT2D eigenvalue weighted by Gasteiger charge is -2.13. The van der Waals surface area contributed by atoms with Crippen LogP contribution in [0.5, 0.6) is 11.5 Å². The summed E-state index contributed by atoms with van der Waals surface area (Å²) >= 11 is 6.55. The Morgan fingerprint density at radius 3 is 2.48 bits per heavy atom. The van der Waals surface area contributed by atoms with E-state index in [9.17, 15) is 37.7 Å². The molecule has 1 aliphatic heterocycles. The molecular formula is C27H20ClN3O11S2. The lowest BCUT2D eigenvalue weighted by atomic mass is 10.2. The highest BCUT2D eigenvalue weighted by Crippen LogP contribution is 2.36. The summed E-state index contributed by atoms with van der Waals surface area (Å²) in [5, 5.41) is 13.1. The topological polar surface area (TPSA) is 189 Å². The Labute approximate surface area is 258 Å². The molecule has 1 N–H and O–H groups in total. The predicted octanol–water partition coefficient (Wildman–Crippen LogP) is 4.49. The van der Waals surface area contributed by atoms with Gasteiger partial charge >= 0.3 is 16.1 Å². The molecule has 0 aliphatic carbocycles. The van der Waals surface area contributed by atoms with Gasteiger partial charge < -0.3 is 19.0 Å². The molecule has 3 aromatic carbocycles. The SMILES string of the molecule is COC(=O)c1cc(NC(=O)CN2C(=O)S/C(=C\c3ccc(OS(=O)(=O)c4ccccc4[N+](=O)[O-])c(OC)c3)C2=O)ccc1Cl. The van der Waals surface area contributed by atoms with Gasteiger partial charge in [0.05, 0.1) is 34.6 Å². The van der Waals surface area contributed by atoms with Gasteiger partial charge in [-0.05, 0) is 59.8 Å². The number of thioether (sulfide) groups is 1. The van der Waals surface area contributed by atoms with Gasteiger partial charge in [0, 0.05) is 11.8 Å². The molecule has 1 saturated heterocycles. The molecule has 3 amide bonds. The fourth-order valence-electron chi connectivity index (χ4n) is 3.83. The quantitative estimate of drug-likeness (QED) is 0.106. The second kappa shape index (κ2) is 13.2. The summed E-state index contributed by atoms with van der Waals surface area (Å²) in [7, 11) is -2.24. The molecule has 1 fully saturated rings. The lowest BCUT2D eigenvalue weighted by Crippen LogP contribution is -2.36. The van der Waals surface area contributed by atoms with E-state index in [0.717, 1.165) is 17.0 Å². The van der Waals surface area contributed by atoms with E-state index in [4.69, 9.17) is 20.5 Å².